The Kier molecular flexibility index (Phi) is 5.92. The Labute approximate surface area is 153 Å². The summed E-state index contributed by atoms with van der Waals surface area (Å²) in [5, 5.41) is 1.07. The topological polar surface area (TPSA) is 15.6 Å². The number of anilines is 1. The van der Waals surface area contributed by atoms with Gasteiger partial charge in [0.1, 0.15) is 0 Å². The molecular weight excluding hydrogens is 353 g/mol. The van der Waals surface area contributed by atoms with Crippen LogP contribution in [0.2, 0.25) is 0 Å². The van der Waals surface area contributed by atoms with E-state index in [0.717, 1.165) is 5.36 Å². The van der Waals surface area contributed by atoms with Gasteiger partial charge in [0.25, 0.3) is 0 Å². The van der Waals surface area contributed by atoms with Gasteiger partial charge in [0.15, 0.2) is 0 Å². The van der Waals surface area contributed by atoms with Gasteiger partial charge in [0, 0.05) is 0 Å². The van der Waals surface area contributed by atoms with Gasteiger partial charge in [0.2, 0.25) is 0 Å². The summed E-state index contributed by atoms with van der Waals surface area (Å²) in [6.07, 6.45) is 0. The van der Waals surface area contributed by atoms with Gasteiger partial charge in [-0.05, 0) is 0 Å². The molecule has 0 aliphatic heterocycles. The molecule has 2 radical (unpaired) electrons. The molecular formula is C21H28GeN2. The molecule has 2 nitrogen and oxygen atoms in total. The zero-order valence-electron chi connectivity index (χ0n) is 15.7. The third-order valence-electron chi connectivity index (χ3n) is 3.38. The van der Waals surface area contributed by atoms with Crippen molar-refractivity contribution >= 4 is 25.7 Å². The average molecular weight is 381 g/mol. The maximum absolute atomic E-state index is 4.99. The van der Waals surface area contributed by atoms with Crippen molar-refractivity contribution in [3.8, 4) is 0 Å². The van der Waals surface area contributed by atoms with Gasteiger partial charge in [-0.1, -0.05) is 0 Å². The minimum atomic E-state index is -0.481. The van der Waals surface area contributed by atoms with Crippen molar-refractivity contribution in [1.29, 1.82) is 0 Å². The summed E-state index contributed by atoms with van der Waals surface area (Å²) in [4.78, 5) is 4.99. The first-order chi connectivity index (χ1) is 11.2. The zero-order chi connectivity index (χ0) is 17.8. The molecule has 3 heteroatoms. The molecule has 0 aliphatic carbocycles. The van der Waals surface area contributed by atoms with E-state index in [4.69, 9.17) is 4.99 Å². The number of hydrogen-bond acceptors (Lipinski definition) is 2. The first kappa shape index (κ1) is 18.8. The molecule has 0 aliphatic rings. The normalized spacial score (nSPS) is 13.0. The van der Waals surface area contributed by atoms with E-state index in [9.17, 15) is 0 Å². The second-order valence-electron chi connectivity index (χ2n) is 7.95. The molecule has 2 aromatic rings. The summed E-state index contributed by atoms with van der Waals surface area (Å²) in [5.41, 5.74) is 1.18. The maximum atomic E-state index is 4.99. The quantitative estimate of drug-likeness (QED) is 0.736. The van der Waals surface area contributed by atoms with E-state index < -0.39 is 15.7 Å². The summed E-state index contributed by atoms with van der Waals surface area (Å²) in [6, 6.07) is 21.4. The molecule has 0 spiro atoms. The van der Waals surface area contributed by atoms with Crippen molar-refractivity contribution in [3.63, 3.8) is 0 Å². The molecule has 0 heterocycles. The Bertz CT molecular complexity index is 725. The van der Waals surface area contributed by atoms with E-state index in [1.807, 2.05) is 0 Å². The molecule has 126 valence electrons. The monoisotopic (exact) mass is 382 g/mol. The van der Waals surface area contributed by atoms with Crippen molar-refractivity contribution in [3.05, 3.63) is 66.0 Å². The Morgan fingerprint density at radius 3 is 1.83 bits per heavy atom. The van der Waals surface area contributed by atoms with Crippen LogP contribution in [0.3, 0.4) is 0 Å². The Balaban J connectivity index is 2.60. The molecule has 0 amide bonds. The van der Waals surface area contributed by atoms with Crippen LogP contribution < -0.4 is 13.6 Å². The Morgan fingerprint density at radius 1 is 0.750 bits per heavy atom. The minimum absolute atomic E-state index is 0.0480. The van der Waals surface area contributed by atoms with Crippen LogP contribution in [0.25, 0.3) is 0 Å². The molecule has 0 unspecified atom stereocenters. The van der Waals surface area contributed by atoms with Gasteiger partial charge in [-0.3, -0.25) is 0 Å². The van der Waals surface area contributed by atoms with E-state index in [1.165, 1.54) is 10.1 Å². The van der Waals surface area contributed by atoms with Crippen LogP contribution in [-0.2, 0) is 0 Å². The van der Waals surface area contributed by atoms with Gasteiger partial charge in [-0.2, -0.15) is 0 Å². The van der Waals surface area contributed by atoms with Crippen molar-refractivity contribution in [2.75, 3.05) is 3.86 Å². The standard InChI is InChI=1S/C21H28GeN2/c1-20(2,3)23-18-15-11-8-12-16-19(18)24(21(4,5)6)22-17-13-9-7-10-14-17/h7-16H,1-6H3. The number of nitrogens with zero attached hydrogens (tertiary/aromatic N) is 2. The van der Waals surface area contributed by atoms with Crippen LogP contribution in [0.15, 0.2) is 65.7 Å². The van der Waals surface area contributed by atoms with E-state index in [-0.39, 0.29) is 11.1 Å². The number of rotatable bonds is 3. The second-order valence-corrected chi connectivity index (χ2v) is 10.6. The van der Waals surface area contributed by atoms with E-state index in [1.54, 1.807) is 0 Å². The van der Waals surface area contributed by atoms with Crippen LogP contribution >= 0.6 is 0 Å². The van der Waals surface area contributed by atoms with Crippen molar-refractivity contribution in [2.24, 2.45) is 4.99 Å². The van der Waals surface area contributed by atoms with Crippen LogP contribution in [0.5, 0.6) is 0 Å². The molecule has 0 fully saturated rings. The van der Waals surface area contributed by atoms with Crippen molar-refractivity contribution in [1.82, 2.24) is 0 Å². The second kappa shape index (κ2) is 7.56. The molecule has 2 aromatic carbocycles. The molecule has 2 rings (SSSR count). The molecule has 0 saturated carbocycles. The third-order valence-corrected chi connectivity index (χ3v) is 7.00. The SMILES string of the molecule is CC(C)(C)N=c1cccccc1[N]([Ge][c]1ccccc1)C(C)(C)C. The van der Waals surface area contributed by atoms with Crippen molar-refractivity contribution in [2.45, 2.75) is 52.6 Å². The Hall–Kier alpha value is -1.55. The summed E-state index contributed by atoms with van der Waals surface area (Å²) >= 11 is -0.481. The summed E-state index contributed by atoms with van der Waals surface area (Å²) < 4.78 is 3.99. The fraction of sp³-hybridized carbons (Fsp3) is 0.381. The van der Waals surface area contributed by atoms with Crippen molar-refractivity contribution < 1.29 is 0 Å². The van der Waals surface area contributed by atoms with Gasteiger partial charge >= 0.3 is 153 Å². The summed E-state index contributed by atoms with van der Waals surface area (Å²) in [7, 11) is 0. The van der Waals surface area contributed by atoms with Crippen LogP contribution in [0.4, 0.5) is 5.69 Å². The molecule has 0 aromatic heterocycles. The fourth-order valence-electron chi connectivity index (χ4n) is 2.40. The van der Waals surface area contributed by atoms with Crippen LogP contribution in [0, 0.1) is 0 Å². The molecule has 24 heavy (non-hydrogen) atoms. The van der Waals surface area contributed by atoms with E-state index >= 15 is 0 Å². The fourth-order valence-corrected chi connectivity index (χ4v) is 5.02. The Morgan fingerprint density at radius 2 is 1.29 bits per heavy atom. The number of benzene rings is 1. The molecule has 0 N–H and O–H groups in total. The van der Waals surface area contributed by atoms with Crippen LogP contribution in [-0.4, -0.2) is 26.7 Å². The summed E-state index contributed by atoms with van der Waals surface area (Å²) in [6.45, 7) is 13.3. The van der Waals surface area contributed by atoms with Gasteiger partial charge in [-0.15, -0.1) is 0 Å². The first-order valence-electron chi connectivity index (χ1n) is 8.44. The first-order valence-corrected chi connectivity index (χ1v) is 10.4. The molecule has 0 saturated heterocycles. The van der Waals surface area contributed by atoms with Gasteiger partial charge in [0.05, 0.1) is 0 Å². The molecule has 0 atom stereocenters. The summed E-state index contributed by atoms with van der Waals surface area (Å²) in [5.74, 6) is 0. The van der Waals surface area contributed by atoms with E-state index in [0.29, 0.717) is 0 Å². The molecule has 0 bridgehead atoms. The van der Waals surface area contributed by atoms with E-state index in [2.05, 4.69) is 106 Å². The van der Waals surface area contributed by atoms with Gasteiger partial charge < -0.3 is 0 Å². The van der Waals surface area contributed by atoms with Gasteiger partial charge in [-0.25, -0.2) is 0 Å². The predicted octanol–water partition coefficient (Wildman–Crippen LogP) is 3.94. The zero-order valence-corrected chi connectivity index (χ0v) is 17.8. The van der Waals surface area contributed by atoms with Crippen LogP contribution in [0.1, 0.15) is 41.5 Å². The average Bonchev–Trinajstić information content (AvgIpc) is 2.68. The number of hydrogen-bond donors (Lipinski definition) is 0. The predicted molar refractivity (Wildman–Crippen MR) is 106 cm³/mol. The third kappa shape index (κ3) is 5.52.